The quantitative estimate of drug-likeness (QED) is 0.706. The molecular weight excluding hydrogens is 364 g/mol. The van der Waals surface area contributed by atoms with Crippen molar-refractivity contribution in [3.05, 3.63) is 45.8 Å². The fourth-order valence-electron chi connectivity index (χ4n) is 3.45. The molecule has 140 valence electrons. The highest BCUT2D eigenvalue weighted by molar-refractivity contribution is 7.08. The number of carbonyl (C=O) groups is 1. The van der Waals surface area contributed by atoms with Crippen LogP contribution in [0.2, 0.25) is 0 Å². The van der Waals surface area contributed by atoms with Crippen LogP contribution in [0.25, 0.3) is 16.9 Å². The van der Waals surface area contributed by atoms with E-state index in [1.807, 2.05) is 29.0 Å². The van der Waals surface area contributed by atoms with Gasteiger partial charge in [-0.25, -0.2) is 9.48 Å². The Labute approximate surface area is 161 Å². The predicted octanol–water partition coefficient (Wildman–Crippen LogP) is 4.40. The van der Waals surface area contributed by atoms with E-state index in [0.717, 1.165) is 34.7 Å². The van der Waals surface area contributed by atoms with E-state index >= 15 is 0 Å². The van der Waals surface area contributed by atoms with Gasteiger partial charge in [0, 0.05) is 17.0 Å². The summed E-state index contributed by atoms with van der Waals surface area (Å²) in [5.74, 6) is 0.867. The maximum atomic E-state index is 11.7. The van der Waals surface area contributed by atoms with Crippen molar-refractivity contribution in [3.63, 3.8) is 0 Å². The highest BCUT2D eigenvalue weighted by Crippen LogP contribution is 2.44. The van der Waals surface area contributed by atoms with Crippen LogP contribution in [0.1, 0.15) is 35.5 Å². The first kappa shape index (κ1) is 17.6. The molecule has 0 atom stereocenters. The van der Waals surface area contributed by atoms with Crippen LogP contribution in [-0.4, -0.2) is 28.0 Å². The van der Waals surface area contributed by atoms with Gasteiger partial charge in [-0.2, -0.15) is 16.4 Å². The zero-order chi connectivity index (χ0) is 19.1. The monoisotopic (exact) mass is 384 g/mol. The summed E-state index contributed by atoms with van der Waals surface area (Å²) in [7, 11) is 1.65. The highest BCUT2D eigenvalue weighted by Gasteiger charge is 2.31. The third-order valence-electron chi connectivity index (χ3n) is 4.57. The molecule has 0 saturated heterocycles. The summed E-state index contributed by atoms with van der Waals surface area (Å²) in [6.45, 7) is 4.47. The first-order chi connectivity index (χ1) is 13.0. The standard InChI is InChI=1S/C20H20N2O4S/c1-11(2)6-12-7-14-17(8-16(12)25-3)26-9-15-18(20(23)24)21-22(19(14)15)13-4-5-27-10-13/h4-5,7-8,10-11H,6,9H2,1-3H3,(H,23,24). The molecule has 0 bridgehead atoms. The van der Waals surface area contributed by atoms with Crippen LogP contribution in [-0.2, 0) is 13.0 Å². The van der Waals surface area contributed by atoms with Crippen molar-refractivity contribution in [2.24, 2.45) is 5.92 Å². The van der Waals surface area contributed by atoms with Crippen LogP contribution in [0.15, 0.2) is 29.0 Å². The van der Waals surface area contributed by atoms with E-state index in [4.69, 9.17) is 9.47 Å². The lowest BCUT2D eigenvalue weighted by Crippen LogP contribution is -2.11. The van der Waals surface area contributed by atoms with E-state index in [1.165, 1.54) is 0 Å². The summed E-state index contributed by atoms with van der Waals surface area (Å²) < 4.78 is 13.1. The molecule has 1 N–H and O–H groups in total. The van der Waals surface area contributed by atoms with Crippen molar-refractivity contribution in [1.29, 1.82) is 0 Å². The fourth-order valence-corrected chi connectivity index (χ4v) is 4.06. The molecule has 1 aromatic carbocycles. The molecule has 1 aliphatic heterocycles. The minimum atomic E-state index is -1.05. The van der Waals surface area contributed by atoms with Gasteiger partial charge in [-0.15, -0.1) is 0 Å². The first-order valence-electron chi connectivity index (χ1n) is 8.71. The van der Waals surface area contributed by atoms with Crippen LogP contribution >= 0.6 is 11.3 Å². The Morgan fingerprint density at radius 2 is 2.26 bits per heavy atom. The van der Waals surface area contributed by atoms with Gasteiger partial charge in [0.2, 0.25) is 0 Å². The molecule has 0 fully saturated rings. The summed E-state index contributed by atoms with van der Waals surface area (Å²) in [6, 6.07) is 5.86. The number of aromatic nitrogens is 2. The fraction of sp³-hybridized carbons (Fsp3) is 0.300. The van der Waals surface area contributed by atoms with E-state index in [1.54, 1.807) is 23.1 Å². The Hall–Kier alpha value is -2.80. The molecule has 0 saturated carbocycles. The van der Waals surface area contributed by atoms with Gasteiger partial charge in [0.25, 0.3) is 0 Å². The van der Waals surface area contributed by atoms with Gasteiger partial charge in [0.05, 0.1) is 24.1 Å². The number of carboxylic acids is 1. The normalized spacial score (nSPS) is 12.4. The molecule has 4 rings (SSSR count). The van der Waals surface area contributed by atoms with Crippen molar-refractivity contribution >= 4 is 17.3 Å². The van der Waals surface area contributed by atoms with E-state index in [2.05, 4.69) is 18.9 Å². The summed E-state index contributed by atoms with van der Waals surface area (Å²) in [5, 5.41) is 17.9. The summed E-state index contributed by atoms with van der Waals surface area (Å²) >= 11 is 1.54. The van der Waals surface area contributed by atoms with Gasteiger partial charge >= 0.3 is 5.97 Å². The third kappa shape index (κ3) is 2.98. The Morgan fingerprint density at radius 1 is 1.44 bits per heavy atom. The lowest BCUT2D eigenvalue weighted by atomic mass is 9.95. The Bertz CT molecular complexity index is 1010. The van der Waals surface area contributed by atoms with Crippen molar-refractivity contribution in [1.82, 2.24) is 9.78 Å². The summed E-state index contributed by atoms with van der Waals surface area (Å²) in [4.78, 5) is 11.7. The zero-order valence-corrected chi connectivity index (χ0v) is 16.2. The first-order valence-corrected chi connectivity index (χ1v) is 9.65. The number of hydrogen-bond donors (Lipinski definition) is 1. The van der Waals surface area contributed by atoms with Crippen LogP contribution in [0.3, 0.4) is 0 Å². The second-order valence-corrected chi connectivity index (χ2v) is 7.70. The topological polar surface area (TPSA) is 73.6 Å². The molecule has 27 heavy (non-hydrogen) atoms. The van der Waals surface area contributed by atoms with Gasteiger partial charge in [-0.05, 0) is 35.4 Å². The highest BCUT2D eigenvalue weighted by atomic mass is 32.1. The van der Waals surface area contributed by atoms with Gasteiger partial charge < -0.3 is 14.6 Å². The SMILES string of the molecule is COc1cc2c(cc1CC(C)C)-c1c(c(C(=O)O)nn1-c1ccsc1)CO2. The molecular formula is C20H20N2O4S. The van der Waals surface area contributed by atoms with E-state index in [0.29, 0.717) is 17.2 Å². The number of hydrogen-bond acceptors (Lipinski definition) is 5. The van der Waals surface area contributed by atoms with Gasteiger partial charge in [-0.1, -0.05) is 13.8 Å². The Morgan fingerprint density at radius 3 is 2.89 bits per heavy atom. The van der Waals surface area contributed by atoms with E-state index in [-0.39, 0.29) is 12.3 Å². The molecule has 0 radical (unpaired) electrons. The minimum absolute atomic E-state index is 0.0306. The molecule has 2 aromatic heterocycles. The molecule has 3 aromatic rings. The molecule has 3 heterocycles. The zero-order valence-electron chi connectivity index (χ0n) is 15.4. The van der Waals surface area contributed by atoms with Crippen molar-refractivity contribution < 1.29 is 19.4 Å². The maximum Gasteiger partial charge on any atom is 0.356 e. The second kappa shape index (κ2) is 6.74. The largest absolute Gasteiger partial charge is 0.496 e. The minimum Gasteiger partial charge on any atom is -0.496 e. The molecule has 0 aliphatic carbocycles. The average molecular weight is 384 g/mol. The lowest BCUT2D eigenvalue weighted by molar-refractivity contribution is 0.0687. The van der Waals surface area contributed by atoms with Gasteiger partial charge in [0.15, 0.2) is 5.69 Å². The Kier molecular flexibility index (Phi) is 4.39. The lowest BCUT2D eigenvalue weighted by Gasteiger charge is -2.22. The average Bonchev–Trinajstić information content (AvgIpc) is 3.28. The van der Waals surface area contributed by atoms with Crippen molar-refractivity contribution in [2.45, 2.75) is 26.9 Å². The van der Waals surface area contributed by atoms with E-state index < -0.39 is 5.97 Å². The molecule has 1 aliphatic rings. The molecule has 6 nitrogen and oxygen atoms in total. The number of aromatic carboxylic acids is 1. The number of thiophene rings is 1. The van der Waals surface area contributed by atoms with Crippen molar-refractivity contribution in [3.8, 4) is 28.4 Å². The van der Waals surface area contributed by atoms with E-state index in [9.17, 15) is 9.90 Å². The number of nitrogens with zero attached hydrogens (tertiary/aromatic N) is 2. The van der Waals surface area contributed by atoms with Crippen LogP contribution in [0, 0.1) is 5.92 Å². The number of fused-ring (bicyclic) bond motifs is 3. The number of carboxylic acid groups (broad SMARTS) is 1. The van der Waals surface area contributed by atoms with Gasteiger partial charge in [0.1, 0.15) is 18.1 Å². The molecule has 0 unspecified atom stereocenters. The van der Waals surface area contributed by atoms with Gasteiger partial charge in [-0.3, -0.25) is 0 Å². The summed E-state index contributed by atoms with van der Waals surface area (Å²) in [6.07, 6.45) is 0.851. The number of rotatable bonds is 5. The number of methoxy groups -OCH3 is 1. The van der Waals surface area contributed by atoms with Crippen LogP contribution < -0.4 is 9.47 Å². The molecule has 7 heteroatoms. The Balaban J connectivity index is 1.97. The second-order valence-electron chi connectivity index (χ2n) is 6.92. The third-order valence-corrected chi connectivity index (χ3v) is 5.25. The van der Waals surface area contributed by atoms with Crippen molar-refractivity contribution in [2.75, 3.05) is 7.11 Å². The van der Waals surface area contributed by atoms with Crippen LogP contribution in [0.4, 0.5) is 0 Å². The number of benzene rings is 1. The molecule has 0 amide bonds. The van der Waals surface area contributed by atoms with Crippen LogP contribution in [0.5, 0.6) is 11.5 Å². The maximum absolute atomic E-state index is 11.7. The smallest absolute Gasteiger partial charge is 0.356 e. The molecule has 0 spiro atoms. The number of ether oxygens (including phenoxy) is 2. The predicted molar refractivity (Wildman–Crippen MR) is 103 cm³/mol. The summed E-state index contributed by atoms with van der Waals surface area (Å²) in [5.41, 5.74) is 4.17.